The first kappa shape index (κ1) is 10.4. The summed E-state index contributed by atoms with van der Waals surface area (Å²) in [6.07, 6.45) is 7.06. The Labute approximate surface area is 102 Å². The maximum Gasteiger partial charge on any atom is 0.264 e. The number of hydrogen-bond donors (Lipinski definition) is 1. The fraction of sp³-hybridized carbons (Fsp3) is 0.400. The molecule has 2 aromatic rings. The van der Waals surface area contributed by atoms with E-state index in [9.17, 15) is 4.79 Å². The number of rotatable bonds is 2. The van der Waals surface area contributed by atoms with E-state index >= 15 is 0 Å². The maximum atomic E-state index is 11.8. The van der Waals surface area contributed by atoms with Crippen LogP contribution < -0.4 is 5.32 Å². The summed E-state index contributed by atoms with van der Waals surface area (Å²) in [5.74, 6) is 1.00. The van der Waals surface area contributed by atoms with E-state index in [4.69, 9.17) is 0 Å². The Bertz CT molecular complexity index is 521. The molecule has 3 rings (SSSR count). The summed E-state index contributed by atoms with van der Waals surface area (Å²) in [7, 11) is 0. The van der Waals surface area contributed by atoms with Gasteiger partial charge in [0.25, 0.3) is 5.91 Å². The minimum Gasteiger partial charge on any atom is -0.347 e. The van der Waals surface area contributed by atoms with Crippen molar-refractivity contribution in [1.29, 1.82) is 0 Å². The largest absolute Gasteiger partial charge is 0.347 e. The number of aryl methyl sites for hydroxylation is 1. The Balaban J connectivity index is 1.66. The van der Waals surface area contributed by atoms with Crippen LogP contribution in [0.5, 0.6) is 0 Å². The van der Waals surface area contributed by atoms with Gasteiger partial charge in [-0.15, -0.1) is 5.10 Å². The molecule has 0 spiro atoms. The lowest BCUT2D eigenvalue weighted by Crippen LogP contribution is -2.40. The van der Waals surface area contributed by atoms with Crippen molar-refractivity contribution in [2.75, 3.05) is 0 Å². The molecule has 17 heavy (non-hydrogen) atoms. The van der Waals surface area contributed by atoms with Gasteiger partial charge in [-0.1, -0.05) is 4.49 Å². The van der Waals surface area contributed by atoms with Gasteiger partial charge in [0.1, 0.15) is 10.7 Å². The second kappa shape index (κ2) is 4.25. The zero-order valence-electron chi connectivity index (χ0n) is 9.04. The predicted octanol–water partition coefficient (Wildman–Crippen LogP) is 0.479. The van der Waals surface area contributed by atoms with Crippen molar-refractivity contribution in [1.82, 2.24) is 24.5 Å². The standard InChI is InChI=1S/C10H11N5OS/c16-10(8-5-12-14-17-8)13-7-1-2-9-11-3-4-15(9)6-7/h3-5,7H,1-2,6H2,(H,13,16)/t7-/m0/s1. The Morgan fingerprint density at radius 3 is 3.35 bits per heavy atom. The van der Waals surface area contributed by atoms with Gasteiger partial charge in [0, 0.05) is 31.4 Å². The molecule has 0 radical (unpaired) electrons. The summed E-state index contributed by atoms with van der Waals surface area (Å²) in [5.41, 5.74) is 0. The molecule has 3 heterocycles. The fourth-order valence-electron chi connectivity index (χ4n) is 2.01. The Morgan fingerprint density at radius 2 is 2.53 bits per heavy atom. The number of carbonyl (C=O) groups excluding carboxylic acids is 1. The van der Waals surface area contributed by atoms with Gasteiger partial charge in [-0.25, -0.2) is 4.98 Å². The van der Waals surface area contributed by atoms with Crippen LogP contribution in [0, 0.1) is 0 Å². The van der Waals surface area contributed by atoms with Crippen molar-refractivity contribution in [3.05, 3.63) is 29.3 Å². The van der Waals surface area contributed by atoms with Crippen LogP contribution in [-0.4, -0.2) is 31.1 Å². The van der Waals surface area contributed by atoms with Crippen molar-refractivity contribution in [3.63, 3.8) is 0 Å². The van der Waals surface area contributed by atoms with Crippen LogP contribution in [0.2, 0.25) is 0 Å². The van der Waals surface area contributed by atoms with E-state index < -0.39 is 0 Å². The minimum absolute atomic E-state index is 0.0893. The SMILES string of the molecule is O=C(N[C@H]1CCc2nccn2C1)c1cnns1. The van der Waals surface area contributed by atoms with E-state index in [-0.39, 0.29) is 11.9 Å². The molecule has 1 aliphatic rings. The van der Waals surface area contributed by atoms with Crippen LogP contribution in [0.15, 0.2) is 18.6 Å². The molecule has 2 aromatic heterocycles. The second-order valence-corrected chi connectivity index (χ2v) is 4.77. The van der Waals surface area contributed by atoms with E-state index in [1.165, 1.54) is 6.20 Å². The third kappa shape index (κ3) is 2.05. The summed E-state index contributed by atoms with van der Waals surface area (Å²) in [5, 5.41) is 6.65. The van der Waals surface area contributed by atoms with Crippen LogP contribution in [0.1, 0.15) is 21.9 Å². The number of fused-ring (bicyclic) bond motifs is 1. The number of imidazole rings is 1. The smallest absolute Gasteiger partial charge is 0.264 e. The summed E-state index contributed by atoms with van der Waals surface area (Å²) in [4.78, 5) is 16.6. The van der Waals surface area contributed by atoms with Gasteiger partial charge in [0.2, 0.25) is 0 Å². The maximum absolute atomic E-state index is 11.8. The van der Waals surface area contributed by atoms with Gasteiger partial charge < -0.3 is 9.88 Å². The van der Waals surface area contributed by atoms with Crippen molar-refractivity contribution in [3.8, 4) is 0 Å². The van der Waals surface area contributed by atoms with Gasteiger partial charge in [0.15, 0.2) is 0 Å². The molecule has 0 saturated carbocycles. The Kier molecular flexibility index (Phi) is 2.60. The molecule has 88 valence electrons. The first-order chi connectivity index (χ1) is 8.33. The van der Waals surface area contributed by atoms with Crippen molar-refractivity contribution in [2.45, 2.75) is 25.4 Å². The van der Waals surface area contributed by atoms with Gasteiger partial charge in [-0.2, -0.15) is 0 Å². The molecular formula is C10H11N5OS. The summed E-state index contributed by atoms with van der Waals surface area (Å²) in [6, 6.07) is 0.159. The third-order valence-corrected chi connectivity index (χ3v) is 3.52. The van der Waals surface area contributed by atoms with Crippen LogP contribution >= 0.6 is 11.5 Å². The van der Waals surface area contributed by atoms with E-state index in [1.807, 2.05) is 6.20 Å². The van der Waals surface area contributed by atoms with Gasteiger partial charge in [0.05, 0.1) is 6.20 Å². The van der Waals surface area contributed by atoms with Gasteiger partial charge in [-0.3, -0.25) is 4.79 Å². The lowest BCUT2D eigenvalue weighted by molar-refractivity contribution is 0.0931. The average Bonchev–Trinajstić information content (AvgIpc) is 2.99. The predicted molar refractivity (Wildman–Crippen MR) is 61.7 cm³/mol. The second-order valence-electron chi connectivity index (χ2n) is 3.99. The zero-order chi connectivity index (χ0) is 11.7. The molecule has 0 bridgehead atoms. The van der Waals surface area contributed by atoms with Gasteiger partial charge >= 0.3 is 0 Å². The van der Waals surface area contributed by atoms with Crippen molar-refractivity contribution in [2.24, 2.45) is 0 Å². The normalized spacial score (nSPS) is 18.7. The lowest BCUT2D eigenvalue weighted by Gasteiger charge is -2.24. The monoisotopic (exact) mass is 249 g/mol. The number of aromatic nitrogens is 4. The molecule has 0 unspecified atom stereocenters. The van der Waals surface area contributed by atoms with Crippen molar-refractivity contribution >= 4 is 17.4 Å². The highest BCUT2D eigenvalue weighted by Gasteiger charge is 2.21. The number of amides is 1. The molecule has 1 aliphatic heterocycles. The number of nitrogens with one attached hydrogen (secondary N) is 1. The van der Waals surface area contributed by atoms with Crippen LogP contribution in [-0.2, 0) is 13.0 Å². The first-order valence-electron chi connectivity index (χ1n) is 5.41. The number of hydrogen-bond acceptors (Lipinski definition) is 5. The number of nitrogens with zero attached hydrogens (tertiary/aromatic N) is 4. The quantitative estimate of drug-likeness (QED) is 0.840. The lowest BCUT2D eigenvalue weighted by atomic mass is 10.1. The zero-order valence-corrected chi connectivity index (χ0v) is 9.85. The van der Waals surface area contributed by atoms with E-state index in [0.29, 0.717) is 4.88 Å². The highest BCUT2D eigenvalue weighted by molar-refractivity contribution is 7.07. The minimum atomic E-state index is -0.0893. The highest BCUT2D eigenvalue weighted by Crippen LogP contribution is 2.13. The van der Waals surface area contributed by atoms with E-state index in [1.54, 1.807) is 6.20 Å². The van der Waals surface area contributed by atoms with E-state index in [0.717, 1.165) is 36.7 Å². The summed E-state index contributed by atoms with van der Waals surface area (Å²) < 4.78 is 5.76. The van der Waals surface area contributed by atoms with E-state index in [2.05, 4.69) is 24.5 Å². The molecule has 1 N–H and O–H groups in total. The summed E-state index contributed by atoms with van der Waals surface area (Å²) in [6.45, 7) is 0.785. The molecule has 1 atom stereocenters. The van der Waals surface area contributed by atoms with Gasteiger partial charge in [-0.05, 0) is 18.0 Å². The highest BCUT2D eigenvalue weighted by atomic mass is 32.1. The fourth-order valence-corrected chi connectivity index (χ4v) is 2.43. The molecular weight excluding hydrogens is 238 g/mol. The molecule has 0 fully saturated rings. The third-order valence-electron chi connectivity index (χ3n) is 2.86. The first-order valence-corrected chi connectivity index (χ1v) is 6.18. The topological polar surface area (TPSA) is 72.7 Å². The molecule has 1 amide bonds. The molecule has 0 aromatic carbocycles. The summed E-state index contributed by atoms with van der Waals surface area (Å²) >= 11 is 1.11. The molecule has 0 aliphatic carbocycles. The molecule has 7 heteroatoms. The van der Waals surface area contributed by atoms with Crippen molar-refractivity contribution < 1.29 is 4.79 Å². The Morgan fingerprint density at radius 1 is 1.59 bits per heavy atom. The average molecular weight is 249 g/mol. The molecule has 6 nitrogen and oxygen atoms in total. The molecule has 0 saturated heterocycles. The van der Waals surface area contributed by atoms with Crippen LogP contribution in [0.4, 0.5) is 0 Å². The number of carbonyl (C=O) groups is 1. The van der Waals surface area contributed by atoms with Crippen LogP contribution in [0.3, 0.4) is 0 Å². The Hall–Kier alpha value is -1.76. The van der Waals surface area contributed by atoms with Crippen LogP contribution in [0.25, 0.3) is 0 Å².